The van der Waals surface area contributed by atoms with Crippen LogP contribution in [-0.4, -0.2) is 22.0 Å². The molecule has 0 unspecified atom stereocenters. The average Bonchev–Trinajstić information content (AvgIpc) is 2.31. The predicted molar refractivity (Wildman–Crippen MR) is 44.0 cm³/mol. The monoisotopic (exact) mass is 153 g/mol. The van der Waals surface area contributed by atoms with Gasteiger partial charge in [0.1, 0.15) is 0 Å². The first kappa shape index (κ1) is 8.29. The second-order valence-corrected chi connectivity index (χ2v) is 2.53. The first-order valence-electron chi connectivity index (χ1n) is 3.60. The summed E-state index contributed by atoms with van der Waals surface area (Å²) in [6, 6.07) is 0. The summed E-state index contributed by atoms with van der Waals surface area (Å²) in [6.45, 7) is 4.24. The first-order valence-corrected chi connectivity index (χ1v) is 3.60. The minimum Gasteiger partial charge on any atom is -0.437 e. The standard InChI is InChI=1S/C6H12BN3O/c1-5-6(9-4-8-5)3-10-7(2)11/h4,10-11H,3H2,1-2H3,(H,8,9). The van der Waals surface area contributed by atoms with Crippen LogP contribution in [0, 0.1) is 6.92 Å². The topological polar surface area (TPSA) is 60.9 Å². The molecule has 0 aliphatic carbocycles. The molecule has 1 heterocycles. The normalized spacial score (nSPS) is 10.1. The third-order valence-corrected chi connectivity index (χ3v) is 1.50. The Labute approximate surface area is 66.2 Å². The fourth-order valence-electron chi connectivity index (χ4n) is 0.810. The van der Waals surface area contributed by atoms with Crippen LogP contribution in [0.4, 0.5) is 0 Å². The fraction of sp³-hybridized carbons (Fsp3) is 0.500. The Morgan fingerprint density at radius 2 is 2.55 bits per heavy atom. The maximum absolute atomic E-state index is 8.89. The molecule has 0 aliphatic heterocycles. The van der Waals surface area contributed by atoms with Crippen LogP contribution in [0.3, 0.4) is 0 Å². The maximum atomic E-state index is 8.89. The molecular weight excluding hydrogens is 141 g/mol. The summed E-state index contributed by atoms with van der Waals surface area (Å²) in [5.41, 5.74) is 1.99. The van der Waals surface area contributed by atoms with E-state index in [1.807, 2.05) is 6.92 Å². The van der Waals surface area contributed by atoms with Gasteiger partial charge in [0.05, 0.1) is 12.0 Å². The number of H-pyrrole nitrogens is 1. The lowest BCUT2D eigenvalue weighted by molar-refractivity contribution is 0.552. The van der Waals surface area contributed by atoms with E-state index in [1.165, 1.54) is 0 Å². The SMILES string of the molecule is CB(O)NCc1nc[nH]c1C. The fourth-order valence-corrected chi connectivity index (χ4v) is 0.810. The van der Waals surface area contributed by atoms with E-state index in [0.29, 0.717) is 6.54 Å². The molecule has 3 N–H and O–H groups in total. The van der Waals surface area contributed by atoms with Crippen molar-refractivity contribution in [1.82, 2.24) is 15.2 Å². The number of hydrogen-bond donors (Lipinski definition) is 3. The van der Waals surface area contributed by atoms with E-state index in [4.69, 9.17) is 5.02 Å². The molecule has 60 valence electrons. The smallest absolute Gasteiger partial charge is 0.373 e. The molecule has 0 aliphatic rings. The van der Waals surface area contributed by atoms with Gasteiger partial charge in [-0.3, -0.25) is 0 Å². The Bertz CT molecular complexity index is 223. The van der Waals surface area contributed by atoms with Gasteiger partial charge in [0, 0.05) is 12.2 Å². The quantitative estimate of drug-likeness (QED) is 0.532. The highest BCUT2D eigenvalue weighted by molar-refractivity contribution is 6.45. The lowest BCUT2D eigenvalue weighted by Crippen LogP contribution is -2.30. The van der Waals surface area contributed by atoms with Crippen LogP contribution < -0.4 is 5.23 Å². The molecule has 0 atom stereocenters. The molecule has 0 saturated heterocycles. The van der Waals surface area contributed by atoms with E-state index in [-0.39, 0.29) is 0 Å². The number of imidazole rings is 1. The largest absolute Gasteiger partial charge is 0.437 e. The van der Waals surface area contributed by atoms with Gasteiger partial charge in [-0.25, -0.2) is 4.98 Å². The van der Waals surface area contributed by atoms with Crippen LogP contribution in [-0.2, 0) is 6.54 Å². The Hall–Kier alpha value is -0.805. The van der Waals surface area contributed by atoms with Crippen molar-refractivity contribution in [3.8, 4) is 0 Å². The second-order valence-electron chi connectivity index (χ2n) is 2.53. The van der Waals surface area contributed by atoms with Gasteiger partial charge in [0.2, 0.25) is 0 Å². The number of nitrogens with one attached hydrogen (secondary N) is 2. The summed E-state index contributed by atoms with van der Waals surface area (Å²) in [5, 5.41) is 11.8. The number of aromatic amines is 1. The van der Waals surface area contributed by atoms with E-state index in [9.17, 15) is 0 Å². The molecule has 11 heavy (non-hydrogen) atoms. The van der Waals surface area contributed by atoms with Crippen LogP contribution in [0.25, 0.3) is 0 Å². The highest BCUT2D eigenvalue weighted by atomic mass is 16.2. The zero-order valence-electron chi connectivity index (χ0n) is 6.76. The van der Waals surface area contributed by atoms with Crippen molar-refractivity contribution in [1.29, 1.82) is 0 Å². The van der Waals surface area contributed by atoms with Gasteiger partial charge >= 0.3 is 7.05 Å². The zero-order chi connectivity index (χ0) is 8.27. The molecule has 0 spiro atoms. The summed E-state index contributed by atoms with van der Waals surface area (Å²) in [4.78, 5) is 7.02. The molecular formula is C6H12BN3O. The molecule has 0 bridgehead atoms. The minimum atomic E-state index is -0.480. The molecule has 1 aromatic heterocycles. The summed E-state index contributed by atoms with van der Waals surface area (Å²) >= 11 is 0. The van der Waals surface area contributed by atoms with Crippen molar-refractivity contribution < 1.29 is 5.02 Å². The van der Waals surface area contributed by atoms with Gasteiger partial charge in [-0.2, -0.15) is 0 Å². The number of aryl methyl sites for hydroxylation is 1. The summed E-state index contributed by atoms with van der Waals surface area (Å²) in [7, 11) is -0.480. The van der Waals surface area contributed by atoms with Crippen LogP contribution in [0.5, 0.6) is 0 Å². The minimum absolute atomic E-state index is 0.480. The molecule has 0 aromatic carbocycles. The molecule has 0 saturated carbocycles. The zero-order valence-corrected chi connectivity index (χ0v) is 6.76. The van der Waals surface area contributed by atoms with Crippen molar-refractivity contribution >= 4 is 7.05 Å². The lowest BCUT2D eigenvalue weighted by Gasteiger charge is -2.01. The third-order valence-electron chi connectivity index (χ3n) is 1.50. The van der Waals surface area contributed by atoms with Gasteiger partial charge in [0.15, 0.2) is 0 Å². The van der Waals surface area contributed by atoms with E-state index >= 15 is 0 Å². The summed E-state index contributed by atoms with van der Waals surface area (Å²) in [6.07, 6.45) is 1.65. The third kappa shape index (κ3) is 2.36. The molecule has 0 fully saturated rings. The van der Waals surface area contributed by atoms with Gasteiger partial charge < -0.3 is 15.2 Å². The number of aromatic nitrogens is 2. The highest BCUT2D eigenvalue weighted by Crippen LogP contribution is 1.98. The number of nitrogens with zero attached hydrogens (tertiary/aromatic N) is 1. The predicted octanol–water partition coefficient (Wildman–Crippen LogP) is -0.0820. The summed E-state index contributed by atoms with van der Waals surface area (Å²) in [5.74, 6) is 0. The molecule has 4 nitrogen and oxygen atoms in total. The van der Waals surface area contributed by atoms with Crippen molar-refractivity contribution in [2.24, 2.45) is 0 Å². The Morgan fingerprint density at radius 3 is 3.00 bits per heavy atom. The number of rotatable bonds is 3. The molecule has 1 rings (SSSR count). The van der Waals surface area contributed by atoms with Gasteiger partial charge in [-0.15, -0.1) is 0 Å². The molecule has 5 heteroatoms. The van der Waals surface area contributed by atoms with Crippen molar-refractivity contribution in [2.75, 3.05) is 0 Å². The molecule has 1 aromatic rings. The van der Waals surface area contributed by atoms with E-state index in [2.05, 4.69) is 15.2 Å². The van der Waals surface area contributed by atoms with Crippen LogP contribution in [0.1, 0.15) is 11.4 Å². The van der Waals surface area contributed by atoms with Crippen LogP contribution >= 0.6 is 0 Å². The number of hydrogen-bond acceptors (Lipinski definition) is 3. The Balaban J connectivity index is 2.44. The Kier molecular flexibility index (Phi) is 2.67. The van der Waals surface area contributed by atoms with Crippen molar-refractivity contribution in [2.45, 2.75) is 20.3 Å². The van der Waals surface area contributed by atoms with Gasteiger partial charge in [-0.1, -0.05) is 0 Å². The average molecular weight is 153 g/mol. The van der Waals surface area contributed by atoms with Gasteiger partial charge in [-0.05, 0) is 13.7 Å². The lowest BCUT2D eigenvalue weighted by atomic mass is 9.89. The van der Waals surface area contributed by atoms with Gasteiger partial charge in [0.25, 0.3) is 0 Å². The first-order chi connectivity index (χ1) is 5.20. The molecule has 0 amide bonds. The summed E-state index contributed by atoms with van der Waals surface area (Å²) < 4.78 is 0. The Morgan fingerprint density at radius 1 is 1.82 bits per heavy atom. The molecule has 0 radical (unpaired) electrons. The van der Waals surface area contributed by atoms with E-state index in [0.717, 1.165) is 11.4 Å². The van der Waals surface area contributed by atoms with Crippen molar-refractivity contribution in [3.63, 3.8) is 0 Å². The van der Waals surface area contributed by atoms with Crippen LogP contribution in [0.15, 0.2) is 6.33 Å². The highest BCUT2D eigenvalue weighted by Gasteiger charge is 2.04. The van der Waals surface area contributed by atoms with Crippen LogP contribution in [0.2, 0.25) is 6.82 Å². The maximum Gasteiger partial charge on any atom is 0.373 e. The van der Waals surface area contributed by atoms with E-state index < -0.39 is 7.05 Å². The van der Waals surface area contributed by atoms with E-state index in [1.54, 1.807) is 13.2 Å². The van der Waals surface area contributed by atoms with Crippen molar-refractivity contribution in [3.05, 3.63) is 17.7 Å². The second kappa shape index (κ2) is 3.55.